The Morgan fingerprint density at radius 3 is 2.21 bits per heavy atom. The summed E-state index contributed by atoms with van der Waals surface area (Å²) < 4.78 is 6.05. The van der Waals surface area contributed by atoms with E-state index >= 15 is 0 Å². The molecule has 5 heteroatoms. The highest BCUT2D eigenvalue weighted by molar-refractivity contribution is 9.10. The molecule has 0 bridgehead atoms. The van der Waals surface area contributed by atoms with Crippen molar-refractivity contribution in [3.63, 3.8) is 0 Å². The maximum absolute atomic E-state index is 6.24. The van der Waals surface area contributed by atoms with Gasteiger partial charge >= 0.3 is 0 Å². The van der Waals surface area contributed by atoms with E-state index in [2.05, 4.69) is 15.9 Å². The highest BCUT2D eigenvalue weighted by Crippen LogP contribution is 2.31. The predicted octanol–water partition coefficient (Wildman–Crippen LogP) is 4.81. The first kappa shape index (κ1) is 14.7. The highest BCUT2D eigenvalue weighted by Gasteiger charge is 2.12. The summed E-state index contributed by atoms with van der Waals surface area (Å²) in [6.45, 7) is 0. The summed E-state index contributed by atoms with van der Waals surface area (Å²) >= 11 is 15.4. The van der Waals surface area contributed by atoms with E-state index < -0.39 is 0 Å². The van der Waals surface area contributed by atoms with Gasteiger partial charge in [0.15, 0.2) is 0 Å². The molecule has 1 atom stereocenters. The lowest BCUT2D eigenvalue weighted by molar-refractivity contribution is 0.412. The Balaban J connectivity index is 2.38. The normalized spacial score (nSPS) is 12.3. The summed E-state index contributed by atoms with van der Waals surface area (Å²) in [6, 6.07) is 10.7. The molecular formula is C14H12BrCl2NO. The average molecular weight is 361 g/mol. The predicted molar refractivity (Wildman–Crippen MR) is 83.2 cm³/mol. The van der Waals surface area contributed by atoms with Crippen molar-refractivity contribution in [2.24, 2.45) is 5.73 Å². The first-order chi connectivity index (χ1) is 9.01. The minimum Gasteiger partial charge on any atom is -0.496 e. The Labute approximate surface area is 130 Å². The van der Waals surface area contributed by atoms with E-state index in [1.165, 1.54) is 0 Å². The van der Waals surface area contributed by atoms with Crippen LogP contribution in [0, 0.1) is 0 Å². The largest absolute Gasteiger partial charge is 0.496 e. The van der Waals surface area contributed by atoms with Gasteiger partial charge < -0.3 is 10.5 Å². The van der Waals surface area contributed by atoms with Crippen LogP contribution in [0.5, 0.6) is 5.75 Å². The summed E-state index contributed by atoms with van der Waals surface area (Å²) in [5.74, 6) is 0.764. The molecule has 0 radical (unpaired) electrons. The van der Waals surface area contributed by atoms with E-state index in [-0.39, 0.29) is 6.04 Å². The smallest absolute Gasteiger partial charge is 0.133 e. The van der Waals surface area contributed by atoms with Crippen molar-refractivity contribution in [2.75, 3.05) is 7.11 Å². The summed E-state index contributed by atoms with van der Waals surface area (Å²) in [5.41, 5.74) is 8.06. The summed E-state index contributed by atoms with van der Waals surface area (Å²) in [4.78, 5) is 0. The van der Waals surface area contributed by atoms with Gasteiger partial charge in [-0.3, -0.25) is 0 Å². The van der Waals surface area contributed by atoms with Crippen LogP contribution in [0.15, 0.2) is 40.9 Å². The topological polar surface area (TPSA) is 35.2 Å². The number of methoxy groups -OCH3 is 1. The van der Waals surface area contributed by atoms with Crippen LogP contribution >= 0.6 is 39.1 Å². The molecule has 0 aliphatic carbocycles. The van der Waals surface area contributed by atoms with E-state index in [1.54, 1.807) is 13.2 Å². The second-order valence-corrected chi connectivity index (χ2v) is 5.80. The van der Waals surface area contributed by atoms with Crippen LogP contribution in [-0.4, -0.2) is 7.11 Å². The fraction of sp³-hybridized carbons (Fsp3) is 0.143. The molecule has 0 amide bonds. The fourth-order valence-corrected chi connectivity index (χ4v) is 2.92. The fourth-order valence-electron chi connectivity index (χ4n) is 1.82. The van der Waals surface area contributed by atoms with Crippen molar-refractivity contribution in [1.82, 2.24) is 0 Å². The van der Waals surface area contributed by atoms with Gasteiger partial charge in [-0.15, -0.1) is 0 Å². The molecule has 2 N–H and O–H groups in total. The van der Waals surface area contributed by atoms with Crippen molar-refractivity contribution in [3.8, 4) is 5.75 Å². The Kier molecular flexibility index (Phi) is 4.74. The molecule has 19 heavy (non-hydrogen) atoms. The minimum atomic E-state index is -0.293. The van der Waals surface area contributed by atoms with E-state index in [4.69, 9.17) is 33.7 Å². The van der Waals surface area contributed by atoms with Crippen LogP contribution in [-0.2, 0) is 0 Å². The molecule has 0 saturated carbocycles. The first-order valence-corrected chi connectivity index (χ1v) is 7.11. The van der Waals surface area contributed by atoms with E-state index in [9.17, 15) is 0 Å². The number of rotatable bonds is 3. The Bertz CT molecular complexity index is 584. The average Bonchev–Trinajstić information content (AvgIpc) is 2.36. The molecule has 0 saturated heterocycles. The van der Waals surface area contributed by atoms with Crippen LogP contribution in [0.3, 0.4) is 0 Å². The number of hydrogen-bond donors (Lipinski definition) is 1. The highest BCUT2D eigenvalue weighted by atomic mass is 79.9. The Hall–Kier alpha value is -0.740. The van der Waals surface area contributed by atoms with Crippen molar-refractivity contribution in [2.45, 2.75) is 6.04 Å². The molecule has 2 nitrogen and oxygen atoms in total. The van der Waals surface area contributed by atoms with Crippen LogP contribution in [0.4, 0.5) is 0 Å². The zero-order valence-electron chi connectivity index (χ0n) is 10.2. The maximum atomic E-state index is 6.24. The van der Waals surface area contributed by atoms with Gasteiger partial charge in [-0.2, -0.15) is 0 Å². The van der Waals surface area contributed by atoms with Crippen LogP contribution in [0.1, 0.15) is 17.2 Å². The monoisotopic (exact) mass is 359 g/mol. The third kappa shape index (κ3) is 3.42. The third-order valence-electron chi connectivity index (χ3n) is 2.78. The zero-order valence-corrected chi connectivity index (χ0v) is 13.3. The van der Waals surface area contributed by atoms with Crippen molar-refractivity contribution >= 4 is 39.1 Å². The lowest BCUT2D eigenvalue weighted by atomic mass is 9.99. The number of benzene rings is 2. The molecule has 0 spiro atoms. The maximum Gasteiger partial charge on any atom is 0.133 e. The van der Waals surface area contributed by atoms with Crippen LogP contribution in [0.25, 0.3) is 0 Å². The second kappa shape index (κ2) is 6.14. The zero-order chi connectivity index (χ0) is 14.0. The second-order valence-electron chi connectivity index (χ2n) is 4.07. The van der Waals surface area contributed by atoms with Gasteiger partial charge in [0.25, 0.3) is 0 Å². The van der Waals surface area contributed by atoms with Crippen molar-refractivity contribution in [3.05, 3.63) is 62.0 Å². The van der Waals surface area contributed by atoms with Gasteiger partial charge in [-0.05, 0) is 57.4 Å². The van der Waals surface area contributed by atoms with Crippen molar-refractivity contribution in [1.29, 1.82) is 0 Å². The van der Waals surface area contributed by atoms with E-state index in [0.717, 1.165) is 21.3 Å². The lowest BCUT2D eigenvalue weighted by Crippen LogP contribution is -2.12. The van der Waals surface area contributed by atoms with Crippen LogP contribution in [0.2, 0.25) is 10.0 Å². The van der Waals surface area contributed by atoms with Crippen molar-refractivity contribution < 1.29 is 4.74 Å². The van der Waals surface area contributed by atoms with Gasteiger partial charge in [0.2, 0.25) is 0 Å². The Morgan fingerprint density at radius 1 is 1.05 bits per heavy atom. The summed E-state index contributed by atoms with van der Waals surface area (Å²) in [7, 11) is 1.62. The molecule has 2 rings (SSSR count). The number of nitrogens with two attached hydrogens (primary N) is 1. The third-order valence-corrected chi connectivity index (χ3v) is 3.84. The first-order valence-electron chi connectivity index (χ1n) is 5.56. The van der Waals surface area contributed by atoms with Gasteiger partial charge in [0, 0.05) is 10.0 Å². The SMILES string of the molecule is COc1ccc(C(N)c2cc(Cl)cc(Cl)c2)cc1Br. The van der Waals surface area contributed by atoms with Crippen LogP contribution < -0.4 is 10.5 Å². The standard InChI is InChI=1S/C14H12BrCl2NO/c1-19-13-3-2-8(6-12(13)15)14(18)9-4-10(16)7-11(17)5-9/h2-7,14H,18H2,1H3. The minimum absolute atomic E-state index is 0.293. The van der Waals surface area contributed by atoms with E-state index in [1.807, 2.05) is 30.3 Å². The number of hydrogen-bond acceptors (Lipinski definition) is 2. The molecule has 100 valence electrons. The molecule has 2 aromatic carbocycles. The molecule has 2 aromatic rings. The molecular weight excluding hydrogens is 349 g/mol. The number of ether oxygens (including phenoxy) is 1. The Morgan fingerprint density at radius 2 is 1.68 bits per heavy atom. The molecule has 0 heterocycles. The summed E-state index contributed by atoms with van der Waals surface area (Å²) in [5, 5.41) is 1.15. The molecule has 0 aromatic heterocycles. The molecule has 0 aliphatic heterocycles. The molecule has 1 unspecified atom stereocenters. The lowest BCUT2D eigenvalue weighted by Gasteiger charge is -2.15. The van der Waals surface area contributed by atoms with Gasteiger partial charge in [0.05, 0.1) is 17.6 Å². The quantitative estimate of drug-likeness (QED) is 0.852. The number of halogens is 3. The van der Waals surface area contributed by atoms with Gasteiger partial charge in [0.1, 0.15) is 5.75 Å². The van der Waals surface area contributed by atoms with Gasteiger partial charge in [-0.1, -0.05) is 29.3 Å². The molecule has 0 aliphatic rings. The van der Waals surface area contributed by atoms with Gasteiger partial charge in [-0.25, -0.2) is 0 Å². The summed E-state index contributed by atoms with van der Waals surface area (Å²) in [6.07, 6.45) is 0. The molecule has 0 fully saturated rings. The van der Waals surface area contributed by atoms with E-state index in [0.29, 0.717) is 10.0 Å².